The third-order valence-electron chi connectivity index (χ3n) is 2.24. The third-order valence-corrected chi connectivity index (χ3v) is 2.24. The van der Waals surface area contributed by atoms with Crippen LogP contribution in [0.5, 0.6) is 0 Å². The van der Waals surface area contributed by atoms with Crippen molar-refractivity contribution >= 4 is 17.3 Å². The molecule has 0 atom stereocenters. The van der Waals surface area contributed by atoms with E-state index in [4.69, 9.17) is 0 Å². The second-order valence-electron chi connectivity index (χ2n) is 3.49. The third kappa shape index (κ3) is 2.41. The summed E-state index contributed by atoms with van der Waals surface area (Å²) in [6.07, 6.45) is 4.32. The Bertz CT molecular complexity index is 522. The normalized spacial score (nSPS) is 10.0. The van der Waals surface area contributed by atoms with Crippen molar-refractivity contribution in [3.05, 3.63) is 36.0 Å². The molecule has 2 aromatic heterocycles. The molecule has 1 amide bonds. The number of hydrogen-bond acceptors (Lipinski definition) is 5. The predicted octanol–water partition coefficient (Wildman–Crippen LogP) is 1.67. The number of amides is 1. The molecule has 0 fully saturated rings. The molecule has 0 saturated heterocycles. The summed E-state index contributed by atoms with van der Waals surface area (Å²) in [4.78, 5) is 16.0. The number of carbonyl (C=O) groups is 1. The van der Waals surface area contributed by atoms with Crippen LogP contribution in [0.3, 0.4) is 0 Å². The van der Waals surface area contributed by atoms with E-state index in [1.54, 1.807) is 7.05 Å². The van der Waals surface area contributed by atoms with Crippen LogP contribution in [0.1, 0.15) is 16.1 Å². The molecular weight excluding hydrogens is 220 g/mol. The Morgan fingerprint density at radius 2 is 2.24 bits per heavy atom. The lowest BCUT2D eigenvalue weighted by Gasteiger charge is -2.08. The van der Waals surface area contributed by atoms with E-state index in [0.29, 0.717) is 11.3 Å². The molecule has 0 aliphatic carbocycles. The second kappa shape index (κ2) is 4.65. The second-order valence-corrected chi connectivity index (χ2v) is 3.49. The fraction of sp³-hybridized carbons (Fsp3) is 0.182. The number of aromatic nitrogens is 2. The predicted molar refractivity (Wildman–Crippen MR) is 63.0 cm³/mol. The van der Waals surface area contributed by atoms with E-state index in [1.807, 2.05) is 13.0 Å². The summed E-state index contributed by atoms with van der Waals surface area (Å²) in [6, 6.07) is 1.81. The fourth-order valence-corrected chi connectivity index (χ4v) is 1.41. The smallest absolute Gasteiger partial charge is 0.259 e. The molecule has 6 heteroatoms. The van der Waals surface area contributed by atoms with Gasteiger partial charge >= 0.3 is 0 Å². The zero-order chi connectivity index (χ0) is 12.3. The van der Waals surface area contributed by atoms with E-state index in [0.717, 1.165) is 11.4 Å². The van der Waals surface area contributed by atoms with E-state index in [-0.39, 0.29) is 5.91 Å². The van der Waals surface area contributed by atoms with Gasteiger partial charge in [0.15, 0.2) is 0 Å². The molecule has 2 N–H and O–H groups in total. The number of aryl methyl sites for hydroxylation is 1. The molecule has 6 nitrogen and oxygen atoms in total. The molecule has 88 valence electrons. The zero-order valence-corrected chi connectivity index (χ0v) is 9.52. The number of nitrogens with zero attached hydrogens (tertiary/aromatic N) is 2. The summed E-state index contributed by atoms with van der Waals surface area (Å²) in [7, 11) is 1.75. The Labute approximate surface area is 98.0 Å². The first-order valence-electron chi connectivity index (χ1n) is 5.06. The van der Waals surface area contributed by atoms with Crippen molar-refractivity contribution in [2.45, 2.75) is 6.92 Å². The van der Waals surface area contributed by atoms with Crippen molar-refractivity contribution in [3.8, 4) is 0 Å². The lowest BCUT2D eigenvalue weighted by Crippen LogP contribution is -2.14. The Balaban J connectivity index is 2.24. The number of nitrogens with one attached hydrogen (secondary N) is 2. The van der Waals surface area contributed by atoms with Crippen molar-refractivity contribution < 1.29 is 9.32 Å². The SMILES string of the molecule is CNc1cc(C)ncc1C(=O)Nc1cnoc1. The van der Waals surface area contributed by atoms with E-state index in [2.05, 4.69) is 25.3 Å². The van der Waals surface area contributed by atoms with Gasteiger partial charge in [-0.2, -0.15) is 0 Å². The van der Waals surface area contributed by atoms with Gasteiger partial charge < -0.3 is 15.2 Å². The zero-order valence-electron chi connectivity index (χ0n) is 9.52. The van der Waals surface area contributed by atoms with Crippen molar-refractivity contribution in [1.82, 2.24) is 10.1 Å². The van der Waals surface area contributed by atoms with Crippen LogP contribution in [0.4, 0.5) is 11.4 Å². The van der Waals surface area contributed by atoms with Gasteiger partial charge in [0, 0.05) is 18.9 Å². The first-order chi connectivity index (χ1) is 8.20. The first kappa shape index (κ1) is 11.1. The Kier molecular flexibility index (Phi) is 3.04. The van der Waals surface area contributed by atoms with Crippen molar-refractivity contribution in [1.29, 1.82) is 0 Å². The van der Waals surface area contributed by atoms with Crippen LogP contribution < -0.4 is 10.6 Å². The summed E-state index contributed by atoms with van der Waals surface area (Å²) in [5, 5.41) is 9.12. The number of pyridine rings is 1. The molecule has 0 aliphatic rings. The summed E-state index contributed by atoms with van der Waals surface area (Å²) >= 11 is 0. The van der Waals surface area contributed by atoms with Crippen LogP contribution in [0.25, 0.3) is 0 Å². The number of hydrogen-bond donors (Lipinski definition) is 2. The topological polar surface area (TPSA) is 80.0 Å². The van der Waals surface area contributed by atoms with Crippen LogP contribution in [0.15, 0.2) is 29.2 Å². The van der Waals surface area contributed by atoms with Gasteiger partial charge in [0.05, 0.1) is 17.4 Å². The molecule has 2 heterocycles. The van der Waals surface area contributed by atoms with Crippen molar-refractivity contribution in [2.24, 2.45) is 0 Å². The Hall–Kier alpha value is -2.37. The van der Waals surface area contributed by atoms with E-state index in [9.17, 15) is 4.79 Å². The average molecular weight is 232 g/mol. The summed E-state index contributed by atoms with van der Waals surface area (Å²) in [5.74, 6) is -0.259. The highest BCUT2D eigenvalue weighted by Crippen LogP contribution is 2.16. The molecule has 0 bridgehead atoms. The summed E-state index contributed by atoms with van der Waals surface area (Å²) in [6.45, 7) is 1.86. The van der Waals surface area contributed by atoms with E-state index in [1.165, 1.54) is 18.7 Å². The van der Waals surface area contributed by atoms with Gasteiger partial charge in [0.2, 0.25) is 0 Å². The maximum Gasteiger partial charge on any atom is 0.259 e. The highest BCUT2D eigenvalue weighted by Gasteiger charge is 2.12. The minimum atomic E-state index is -0.259. The molecule has 17 heavy (non-hydrogen) atoms. The fourth-order valence-electron chi connectivity index (χ4n) is 1.41. The minimum absolute atomic E-state index is 0.259. The van der Waals surface area contributed by atoms with Gasteiger partial charge in [0.1, 0.15) is 12.0 Å². The lowest BCUT2D eigenvalue weighted by molar-refractivity contribution is 0.102. The Morgan fingerprint density at radius 3 is 2.88 bits per heavy atom. The van der Waals surface area contributed by atoms with Crippen molar-refractivity contribution in [3.63, 3.8) is 0 Å². The Morgan fingerprint density at radius 1 is 1.41 bits per heavy atom. The summed E-state index contributed by atoms with van der Waals surface area (Å²) < 4.78 is 4.63. The number of rotatable bonds is 3. The van der Waals surface area contributed by atoms with Crippen LogP contribution in [0, 0.1) is 6.92 Å². The van der Waals surface area contributed by atoms with E-state index >= 15 is 0 Å². The van der Waals surface area contributed by atoms with Crippen molar-refractivity contribution in [2.75, 3.05) is 17.7 Å². The molecule has 0 spiro atoms. The van der Waals surface area contributed by atoms with Gasteiger partial charge in [-0.1, -0.05) is 5.16 Å². The number of anilines is 2. The van der Waals surface area contributed by atoms with Crippen LogP contribution in [-0.2, 0) is 0 Å². The molecule has 2 rings (SSSR count). The molecule has 0 unspecified atom stereocenters. The largest absolute Gasteiger partial charge is 0.387 e. The maximum atomic E-state index is 11.9. The maximum absolute atomic E-state index is 11.9. The van der Waals surface area contributed by atoms with Gasteiger partial charge in [-0.05, 0) is 13.0 Å². The molecular formula is C11H12N4O2. The van der Waals surface area contributed by atoms with Crippen LogP contribution in [-0.4, -0.2) is 23.1 Å². The highest BCUT2D eigenvalue weighted by atomic mass is 16.5. The highest BCUT2D eigenvalue weighted by molar-refractivity contribution is 6.07. The molecule has 0 radical (unpaired) electrons. The molecule has 0 saturated carbocycles. The van der Waals surface area contributed by atoms with Gasteiger partial charge in [-0.3, -0.25) is 9.78 Å². The minimum Gasteiger partial charge on any atom is -0.387 e. The number of carbonyl (C=O) groups excluding carboxylic acids is 1. The van der Waals surface area contributed by atoms with E-state index < -0.39 is 0 Å². The standard InChI is InChI=1S/C11H12N4O2/c1-7-3-10(12-2)9(5-13-7)11(16)15-8-4-14-17-6-8/h3-6H,1-2H3,(H,12,13)(H,15,16). The average Bonchev–Trinajstić information content (AvgIpc) is 2.81. The lowest BCUT2D eigenvalue weighted by atomic mass is 10.2. The summed E-state index contributed by atoms with van der Waals surface area (Å²) in [5.41, 5.74) is 2.55. The molecule has 0 aromatic carbocycles. The molecule has 2 aromatic rings. The van der Waals surface area contributed by atoms with Gasteiger partial charge in [-0.25, -0.2) is 0 Å². The van der Waals surface area contributed by atoms with Crippen LogP contribution >= 0.6 is 0 Å². The quantitative estimate of drug-likeness (QED) is 0.841. The monoisotopic (exact) mass is 232 g/mol. The van der Waals surface area contributed by atoms with Gasteiger partial charge in [0.25, 0.3) is 5.91 Å². The van der Waals surface area contributed by atoms with Crippen LogP contribution in [0.2, 0.25) is 0 Å². The molecule has 0 aliphatic heterocycles. The van der Waals surface area contributed by atoms with Gasteiger partial charge in [-0.15, -0.1) is 0 Å². The first-order valence-corrected chi connectivity index (χ1v) is 5.06.